The Bertz CT molecular complexity index is 1400. The van der Waals surface area contributed by atoms with E-state index in [1.807, 2.05) is 48.5 Å². The first-order chi connectivity index (χ1) is 17.6. The van der Waals surface area contributed by atoms with E-state index in [0.717, 1.165) is 16.3 Å². The SMILES string of the molecule is COc1ccc(C(=NOC(=O)Cc2ccccc2)c2nccc3cc(OC)c(OC)cc23)cc1OC. The van der Waals surface area contributed by atoms with Crippen LogP contribution < -0.4 is 18.9 Å². The van der Waals surface area contributed by atoms with Gasteiger partial charge >= 0.3 is 5.97 Å². The molecule has 0 fully saturated rings. The molecule has 0 aliphatic carbocycles. The third kappa shape index (κ3) is 5.22. The molecule has 0 N–H and O–H groups in total. The lowest BCUT2D eigenvalue weighted by molar-refractivity contribution is -0.142. The highest BCUT2D eigenvalue weighted by atomic mass is 16.7. The fraction of sp³-hybridized carbons (Fsp3) is 0.179. The van der Waals surface area contributed by atoms with Crippen molar-refractivity contribution in [2.45, 2.75) is 6.42 Å². The summed E-state index contributed by atoms with van der Waals surface area (Å²) in [6, 6.07) is 20.2. The van der Waals surface area contributed by atoms with Gasteiger partial charge in [-0.15, -0.1) is 0 Å². The molecular formula is C28H26N2O6. The second-order valence-corrected chi connectivity index (χ2v) is 7.72. The van der Waals surface area contributed by atoms with Gasteiger partial charge in [0, 0.05) is 17.1 Å². The van der Waals surface area contributed by atoms with Gasteiger partial charge in [-0.25, -0.2) is 4.79 Å². The molecule has 0 unspecified atom stereocenters. The van der Waals surface area contributed by atoms with Crippen LogP contribution in [-0.2, 0) is 16.1 Å². The van der Waals surface area contributed by atoms with Gasteiger partial charge in [-0.2, -0.15) is 0 Å². The monoisotopic (exact) mass is 486 g/mol. The van der Waals surface area contributed by atoms with Gasteiger partial charge in [-0.05, 0) is 47.3 Å². The summed E-state index contributed by atoms with van der Waals surface area (Å²) in [6.07, 6.45) is 1.74. The van der Waals surface area contributed by atoms with Crippen LogP contribution in [0, 0.1) is 0 Å². The maximum atomic E-state index is 12.6. The summed E-state index contributed by atoms with van der Waals surface area (Å²) >= 11 is 0. The Morgan fingerprint density at radius 1 is 0.778 bits per heavy atom. The lowest BCUT2D eigenvalue weighted by Gasteiger charge is -2.14. The van der Waals surface area contributed by atoms with Crippen LogP contribution in [0.25, 0.3) is 10.8 Å². The fourth-order valence-corrected chi connectivity index (χ4v) is 3.80. The molecule has 8 nitrogen and oxygen atoms in total. The Morgan fingerprint density at radius 2 is 1.44 bits per heavy atom. The van der Waals surface area contributed by atoms with Gasteiger partial charge in [-0.1, -0.05) is 35.5 Å². The summed E-state index contributed by atoms with van der Waals surface area (Å²) in [4.78, 5) is 22.6. The van der Waals surface area contributed by atoms with Gasteiger partial charge in [-0.3, -0.25) is 4.98 Å². The highest BCUT2D eigenvalue weighted by molar-refractivity contribution is 6.18. The molecule has 0 aliphatic rings. The molecule has 0 aliphatic heterocycles. The van der Waals surface area contributed by atoms with Gasteiger partial charge in [0.25, 0.3) is 0 Å². The third-order valence-corrected chi connectivity index (χ3v) is 5.58. The number of oxime groups is 1. The molecule has 0 saturated heterocycles. The summed E-state index contributed by atoms with van der Waals surface area (Å²) in [5.41, 5.74) is 2.28. The van der Waals surface area contributed by atoms with Crippen LogP contribution in [0.2, 0.25) is 0 Å². The van der Waals surface area contributed by atoms with E-state index < -0.39 is 5.97 Å². The average molecular weight is 487 g/mol. The zero-order chi connectivity index (χ0) is 25.5. The van der Waals surface area contributed by atoms with E-state index in [1.54, 1.807) is 52.8 Å². The molecule has 1 heterocycles. The number of carbonyl (C=O) groups is 1. The average Bonchev–Trinajstić information content (AvgIpc) is 2.92. The minimum Gasteiger partial charge on any atom is -0.493 e. The van der Waals surface area contributed by atoms with Crippen molar-refractivity contribution < 1.29 is 28.6 Å². The molecule has 184 valence electrons. The molecule has 0 bridgehead atoms. The first kappa shape index (κ1) is 24.5. The maximum Gasteiger partial charge on any atom is 0.339 e. The van der Waals surface area contributed by atoms with Crippen LogP contribution in [0.1, 0.15) is 16.8 Å². The number of hydrogen-bond acceptors (Lipinski definition) is 8. The molecule has 0 radical (unpaired) electrons. The van der Waals surface area contributed by atoms with Crippen molar-refractivity contribution in [1.82, 2.24) is 4.98 Å². The number of nitrogens with zero attached hydrogens (tertiary/aromatic N) is 2. The number of rotatable bonds is 9. The topological polar surface area (TPSA) is 88.5 Å². The van der Waals surface area contributed by atoms with Gasteiger partial charge in [0.15, 0.2) is 23.0 Å². The van der Waals surface area contributed by atoms with Crippen molar-refractivity contribution in [3.63, 3.8) is 0 Å². The van der Waals surface area contributed by atoms with Crippen molar-refractivity contribution in [3.8, 4) is 23.0 Å². The second-order valence-electron chi connectivity index (χ2n) is 7.72. The van der Waals surface area contributed by atoms with E-state index in [1.165, 1.54) is 0 Å². The summed E-state index contributed by atoms with van der Waals surface area (Å²) in [5, 5.41) is 5.86. The van der Waals surface area contributed by atoms with Gasteiger partial charge in [0.05, 0.1) is 34.9 Å². The van der Waals surface area contributed by atoms with Gasteiger partial charge in [0.1, 0.15) is 11.4 Å². The van der Waals surface area contributed by atoms with E-state index in [0.29, 0.717) is 40.0 Å². The molecule has 1 aromatic heterocycles. The number of carbonyl (C=O) groups excluding carboxylic acids is 1. The Morgan fingerprint density at radius 3 is 2.14 bits per heavy atom. The molecule has 0 spiro atoms. The lowest BCUT2D eigenvalue weighted by Crippen LogP contribution is -2.11. The molecule has 4 aromatic rings. The summed E-state index contributed by atoms with van der Waals surface area (Å²) in [5.74, 6) is 1.67. The van der Waals surface area contributed by atoms with Crippen LogP contribution in [0.3, 0.4) is 0 Å². The standard InChI is InChI=1S/C28H26N2O6/c1-32-22-11-10-20(16-23(22)33-2)27(30-36-26(31)14-18-8-6-5-7-9-18)28-21-17-25(35-4)24(34-3)15-19(21)12-13-29-28/h5-13,15-17H,14H2,1-4H3. The molecule has 0 amide bonds. The van der Waals surface area contributed by atoms with Crippen LogP contribution in [-0.4, -0.2) is 45.1 Å². The molecule has 0 atom stereocenters. The molecule has 36 heavy (non-hydrogen) atoms. The molecule has 4 rings (SSSR count). The minimum absolute atomic E-state index is 0.0809. The number of benzene rings is 3. The van der Waals surface area contributed by atoms with Crippen molar-refractivity contribution in [3.05, 3.63) is 89.7 Å². The predicted molar refractivity (Wildman–Crippen MR) is 136 cm³/mol. The molecule has 8 heteroatoms. The largest absolute Gasteiger partial charge is 0.493 e. The Balaban J connectivity index is 1.83. The zero-order valence-electron chi connectivity index (χ0n) is 20.5. The minimum atomic E-state index is -0.501. The third-order valence-electron chi connectivity index (χ3n) is 5.58. The van der Waals surface area contributed by atoms with Crippen LogP contribution >= 0.6 is 0 Å². The summed E-state index contributed by atoms with van der Waals surface area (Å²) < 4.78 is 21.8. The van der Waals surface area contributed by atoms with Crippen molar-refractivity contribution in [2.24, 2.45) is 5.16 Å². The number of aromatic nitrogens is 1. The van der Waals surface area contributed by atoms with Crippen LogP contribution in [0.15, 0.2) is 78.1 Å². The Kier molecular flexibility index (Phi) is 7.65. The van der Waals surface area contributed by atoms with Crippen molar-refractivity contribution in [1.29, 1.82) is 0 Å². The van der Waals surface area contributed by atoms with Crippen molar-refractivity contribution in [2.75, 3.05) is 28.4 Å². The maximum absolute atomic E-state index is 12.6. The van der Waals surface area contributed by atoms with Gasteiger partial charge < -0.3 is 23.8 Å². The van der Waals surface area contributed by atoms with Gasteiger partial charge in [0.2, 0.25) is 0 Å². The highest BCUT2D eigenvalue weighted by Crippen LogP contribution is 2.35. The number of methoxy groups -OCH3 is 4. The predicted octanol–water partition coefficient (Wildman–Crippen LogP) is 4.81. The Hall–Kier alpha value is -4.59. The first-order valence-corrected chi connectivity index (χ1v) is 11.1. The number of pyridine rings is 1. The van der Waals surface area contributed by atoms with E-state index >= 15 is 0 Å². The highest BCUT2D eigenvalue weighted by Gasteiger charge is 2.19. The van der Waals surface area contributed by atoms with E-state index in [-0.39, 0.29) is 6.42 Å². The quantitative estimate of drug-likeness (QED) is 0.191. The normalized spacial score (nSPS) is 11.2. The number of ether oxygens (including phenoxy) is 4. The molecular weight excluding hydrogens is 460 g/mol. The summed E-state index contributed by atoms with van der Waals surface area (Å²) in [6.45, 7) is 0. The Labute approximate surface area is 209 Å². The van der Waals surface area contributed by atoms with E-state index in [9.17, 15) is 4.79 Å². The smallest absolute Gasteiger partial charge is 0.339 e. The first-order valence-electron chi connectivity index (χ1n) is 11.1. The number of fused-ring (bicyclic) bond motifs is 1. The van der Waals surface area contributed by atoms with E-state index in [2.05, 4.69) is 10.1 Å². The molecule has 0 saturated carbocycles. The molecule has 3 aromatic carbocycles. The zero-order valence-corrected chi connectivity index (χ0v) is 20.5. The van der Waals surface area contributed by atoms with E-state index in [4.69, 9.17) is 23.8 Å². The van der Waals surface area contributed by atoms with Crippen molar-refractivity contribution >= 4 is 22.5 Å². The second kappa shape index (κ2) is 11.2. The fourth-order valence-electron chi connectivity index (χ4n) is 3.80. The van der Waals surface area contributed by atoms with Crippen LogP contribution in [0.4, 0.5) is 0 Å². The summed E-state index contributed by atoms with van der Waals surface area (Å²) in [7, 11) is 6.25. The van der Waals surface area contributed by atoms with Crippen LogP contribution in [0.5, 0.6) is 23.0 Å². The lowest BCUT2D eigenvalue weighted by atomic mass is 10.0. The number of hydrogen-bond donors (Lipinski definition) is 0.